The van der Waals surface area contributed by atoms with Gasteiger partial charge in [0.15, 0.2) is 0 Å². The van der Waals surface area contributed by atoms with Crippen LogP contribution in [-0.2, 0) is 0 Å². The summed E-state index contributed by atoms with van der Waals surface area (Å²) in [6.45, 7) is 5.34. The maximum atomic E-state index is 5.73. The van der Waals surface area contributed by atoms with Gasteiger partial charge in [-0.05, 0) is 61.6 Å². The van der Waals surface area contributed by atoms with E-state index in [1.165, 1.54) is 0 Å². The van der Waals surface area contributed by atoms with Crippen molar-refractivity contribution in [1.29, 1.82) is 0 Å². The topological polar surface area (TPSA) is 53.9 Å². The summed E-state index contributed by atoms with van der Waals surface area (Å²) in [7, 11) is 2.15. The molecule has 1 aromatic rings. The zero-order chi connectivity index (χ0) is 13.2. The van der Waals surface area contributed by atoms with Crippen LogP contribution in [0, 0.1) is 5.41 Å². The lowest BCUT2D eigenvalue weighted by Gasteiger charge is -2.37. The van der Waals surface area contributed by atoms with Gasteiger partial charge >= 0.3 is 0 Å². The Morgan fingerprint density at radius 1 is 1.17 bits per heavy atom. The van der Waals surface area contributed by atoms with E-state index in [9.17, 15) is 0 Å². The smallest absolute Gasteiger partial charge is 0.228 e. The Labute approximate surface area is 117 Å². The van der Waals surface area contributed by atoms with Gasteiger partial charge < -0.3 is 10.2 Å². The van der Waals surface area contributed by atoms with Crippen molar-refractivity contribution >= 4 is 29.2 Å². The minimum Gasteiger partial charge on any atom is -0.354 e. The van der Waals surface area contributed by atoms with Gasteiger partial charge in [0.25, 0.3) is 0 Å². The van der Waals surface area contributed by atoms with E-state index in [0.29, 0.717) is 5.95 Å². The van der Waals surface area contributed by atoms with Crippen LogP contribution in [0.15, 0.2) is 0 Å². The summed E-state index contributed by atoms with van der Waals surface area (Å²) >= 11 is 11.5. The fourth-order valence-electron chi connectivity index (χ4n) is 2.03. The number of likely N-dealkylation sites (tertiary alicyclic amines) is 1. The first-order chi connectivity index (χ1) is 8.47. The highest BCUT2D eigenvalue weighted by molar-refractivity contribution is 6.31. The molecule has 18 heavy (non-hydrogen) atoms. The largest absolute Gasteiger partial charge is 0.354 e. The Kier molecular flexibility index (Phi) is 4.25. The first-order valence-electron chi connectivity index (χ1n) is 5.96. The zero-order valence-electron chi connectivity index (χ0n) is 10.6. The number of halogens is 2. The van der Waals surface area contributed by atoms with Gasteiger partial charge in [-0.1, -0.05) is 6.92 Å². The summed E-state index contributed by atoms with van der Waals surface area (Å²) in [6, 6.07) is 0. The molecule has 2 rings (SSSR count). The van der Waals surface area contributed by atoms with Crippen molar-refractivity contribution in [2.75, 3.05) is 32.0 Å². The predicted octanol–water partition coefficient (Wildman–Crippen LogP) is 2.32. The number of nitrogens with one attached hydrogen (secondary N) is 1. The monoisotopic (exact) mass is 289 g/mol. The molecule has 2 heterocycles. The van der Waals surface area contributed by atoms with Gasteiger partial charge in [0, 0.05) is 6.54 Å². The van der Waals surface area contributed by atoms with Crippen LogP contribution in [-0.4, -0.2) is 46.5 Å². The number of rotatable bonds is 3. The molecule has 0 atom stereocenters. The highest BCUT2D eigenvalue weighted by Crippen LogP contribution is 2.30. The SMILES string of the molecule is CN1CCC(C)(CNc2nc(Cl)nc(Cl)n2)CC1. The maximum Gasteiger partial charge on any atom is 0.228 e. The van der Waals surface area contributed by atoms with E-state index >= 15 is 0 Å². The lowest BCUT2D eigenvalue weighted by molar-refractivity contribution is 0.150. The fraction of sp³-hybridized carbons (Fsp3) is 0.727. The van der Waals surface area contributed by atoms with Crippen LogP contribution in [0.4, 0.5) is 5.95 Å². The third-order valence-electron chi connectivity index (χ3n) is 3.45. The van der Waals surface area contributed by atoms with Gasteiger partial charge in [0.2, 0.25) is 16.5 Å². The Hall–Kier alpha value is -0.650. The molecule has 1 aliphatic heterocycles. The third-order valence-corrected chi connectivity index (χ3v) is 3.79. The van der Waals surface area contributed by atoms with E-state index in [0.717, 1.165) is 32.5 Å². The molecule has 1 N–H and O–H groups in total. The minimum atomic E-state index is 0.117. The summed E-state index contributed by atoms with van der Waals surface area (Å²) in [5.74, 6) is 0.445. The third kappa shape index (κ3) is 3.67. The Morgan fingerprint density at radius 2 is 1.72 bits per heavy atom. The van der Waals surface area contributed by atoms with E-state index in [1.807, 2.05) is 0 Å². The van der Waals surface area contributed by atoms with E-state index < -0.39 is 0 Å². The number of anilines is 1. The summed E-state index contributed by atoms with van der Waals surface area (Å²) in [5, 5.41) is 3.44. The molecule has 7 heteroatoms. The summed E-state index contributed by atoms with van der Waals surface area (Å²) in [5.41, 5.74) is 0.262. The summed E-state index contributed by atoms with van der Waals surface area (Å²) in [4.78, 5) is 14.1. The van der Waals surface area contributed by atoms with Gasteiger partial charge in [0.1, 0.15) is 0 Å². The van der Waals surface area contributed by atoms with Crippen molar-refractivity contribution in [3.05, 3.63) is 10.6 Å². The van der Waals surface area contributed by atoms with Crippen LogP contribution in [0.1, 0.15) is 19.8 Å². The first-order valence-corrected chi connectivity index (χ1v) is 6.72. The quantitative estimate of drug-likeness (QED) is 0.926. The molecule has 1 aliphatic rings. The minimum absolute atomic E-state index is 0.117. The van der Waals surface area contributed by atoms with Crippen molar-refractivity contribution in [1.82, 2.24) is 19.9 Å². The standard InChI is InChI=1S/C11H17Cl2N5/c1-11(3-5-18(2)6-4-11)7-14-10-16-8(12)15-9(13)17-10/h3-7H2,1-2H3,(H,14,15,16,17). The van der Waals surface area contributed by atoms with Crippen LogP contribution < -0.4 is 5.32 Å². The molecule has 0 radical (unpaired) electrons. The average Bonchev–Trinajstić information content (AvgIpc) is 2.30. The normalized spacial score (nSPS) is 19.8. The lowest BCUT2D eigenvalue weighted by atomic mass is 9.80. The molecule has 0 amide bonds. The van der Waals surface area contributed by atoms with Gasteiger partial charge in [-0.3, -0.25) is 0 Å². The van der Waals surface area contributed by atoms with Crippen molar-refractivity contribution in [2.24, 2.45) is 5.41 Å². The van der Waals surface area contributed by atoms with Gasteiger partial charge in [-0.25, -0.2) is 0 Å². The van der Waals surface area contributed by atoms with Crippen LogP contribution in [0.5, 0.6) is 0 Å². The van der Waals surface area contributed by atoms with E-state index in [2.05, 4.69) is 39.1 Å². The predicted molar refractivity (Wildman–Crippen MR) is 73.2 cm³/mol. The molecule has 0 aliphatic carbocycles. The van der Waals surface area contributed by atoms with Crippen molar-refractivity contribution in [3.8, 4) is 0 Å². The number of nitrogens with zero attached hydrogens (tertiary/aromatic N) is 4. The maximum absolute atomic E-state index is 5.73. The summed E-state index contributed by atoms with van der Waals surface area (Å²) in [6.07, 6.45) is 2.31. The van der Waals surface area contributed by atoms with Crippen LogP contribution in [0.3, 0.4) is 0 Å². The Morgan fingerprint density at radius 3 is 2.28 bits per heavy atom. The number of hydrogen-bond donors (Lipinski definition) is 1. The van der Waals surface area contributed by atoms with E-state index in [1.54, 1.807) is 0 Å². The van der Waals surface area contributed by atoms with E-state index in [-0.39, 0.29) is 16.0 Å². The zero-order valence-corrected chi connectivity index (χ0v) is 12.1. The average molecular weight is 290 g/mol. The van der Waals surface area contributed by atoms with Crippen molar-refractivity contribution in [2.45, 2.75) is 19.8 Å². The molecular weight excluding hydrogens is 273 g/mol. The molecule has 0 unspecified atom stereocenters. The van der Waals surface area contributed by atoms with Crippen LogP contribution in [0.2, 0.25) is 10.6 Å². The molecule has 5 nitrogen and oxygen atoms in total. The molecule has 1 fully saturated rings. The second-order valence-electron chi connectivity index (χ2n) is 5.16. The molecule has 0 spiro atoms. The number of piperidine rings is 1. The van der Waals surface area contributed by atoms with Crippen LogP contribution >= 0.6 is 23.2 Å². The van der Waals surface area contributed by atoms with Crippen LogP contribution in [0.25, 0.3) is 0 Å². The molecule has 0 bridgehead atoms. The fourth-order valence-corrected chi connectivity index (χ4v) is 2.40. The highest BCUT2D eigenvalue weighted by atomic mass is 35.5. The Balaban J connectivity index is 1.94. The second-order valence-corrected chi connectivity index (χ2v) is 5.84. The number of hydrogen-bond acceptors (Lipinski definition) is 5. The van der Waals surface area contributed by atoms with Gasteiger partial charge in [-0.2, -0.15) is 15.0 Å². The lowest BCUT2D eigenvalue weighted by Crippen LogP contribution is -2.40. The second kappa shape index (κ2) is 5.55. The molecule has 100 valence electrons. The van der Waals surface area contributed by atoms with E-state index in [4.69, 9.17) is 23.2 Å². The first kappa shape index (κ1) is 13.8. The molecular formula is C11H17Cl2N5. The van der Waals surface area contributed by atoms with Crippen molar-refractivity contribution < 1.29 is 0 Å². The molecule has 0 aromatic carbocycles. The van der Waals surface area contributed by atoms with Gasteiger partial charge in [0.05, 0.1) is 0 Å². The summed E-state index contributed by atoms with van der Waals surface area (Å²) < 4.78 is 0. The molecule has 0 saturated carbocycles. The molecule has 1 aromatic heterocycles. The van der Waals surface area contributed by atoms with Crippen molar-refractivity contribution in [3.63, 3.8) is 0 Å². The number of aromatic nitrogens is 3. The molecule has 1 saturated heterocycles. The highest BCUT2D eigenvalue weighted by Gasteiger charge is 2.28. The Bertz CT molecular complexity index is 398. The van der Waals surface area contributed by atoms with Gasteiger partial charge in [-0.15, -0.1) is 0 Å².